The van der Waals surface area contributed by atoms with Gasteiger partial charge in [0, 0.05) is 22.7 Å². The van der Waals surface area contributed by atoms with Crippen molar-refractivity contribution in [1.82, 2.24) is 10.3 Å². The van der Waals surface area contributed by atoms with Crippen molar-refractivity contribution in [3.8, 4) is 0 Å². The number of hydrogen-bond donors (Lipinski definition) is 2. The number of fused-ring (bicyclic) bond motifs is 1. The standard InChI is InChI=1S/C18H19ClN2.ClH/c1-20-10-9-17(13-4-6-16(19)7-5-13)15-3-2-14-8-11-21-18(14)12-15;/h2-8,11-12,17,20-21H,9-10H2,1H3;1H. The maximum Gasteiger partial charge on any atom is 0.0456 e. The molecular formula is C18H20Cl2N2. The molecule has 3 aromatic rings. The van der Waals surface area contributed by atoms with Crippen LogP contribution in [0.2, 0.25) is 5.02 Å². The first-order valence-corrected chi connectivity index (χ1v) is 7.63. The summed E-state index contributed by atoms with van der Waals surface area (Å²) in [4.78, 5) is 3.29. The molecule has 116 valence electrons. The fourth-order valence-electron chi connectivity index (χ4n) is 2.79. The van der Waals surface area contributed by atoms with Crippen molar-refractivity contribution >= 4 is 34.9 Å². The summed E-state index contributed by atoms with van der Waals surface area (Å²) in [6.07, 6.45) is 3.05. The topological polar surface area (TPSA) is 27.8 Å². The lowest BCUT2D eigenvalue weighted by Crippen LogP contribution is -2.13. The van der Waals surface area contributed by atoms with E-state index >= 15 is 0 Å². The van der Waals surface area contributed by atoms with E-state index in [1.807, 2.05) is 25.4 Å². The summed E-state index contributed by atoms with van der Waals surface area (Å²) in [5.41, 5.74) is 3.83. The molecule has 2 N–H and O–H groups in total. The Kier molecular flexibility index (Phi) is 5.90. The summed E-state index contributed by atoms with van der Waals surface area (Å²) in [6, 6.07) is 17.0. The Labute approximate surface area is 142 Å². The molecule has 0 saturated carbocycles. The van der Waals surface area contributed by atoms with Crippen LogP contribution >= 0.6 is 24.0 Å². The molecule has 0 fully saturated rings. The average Bonchev–Trinajstić information content (AvgIpc) is 2.97. The number of aromatic amines is 1. The Balaban J connectivity index is 0.00000176. The summed E-state index contributed by atoms with van der Waals surface area (Å²) >= 11 is 6.01. The molecule has 1 atom stereocenters. The molecule has 1 unspecified atom stereocenters. The highest BCUT2D eigenvalue weighted by molar-refractivity contribution is 6.30. The Bertz CT molecular complexity index is 719. The Hall–Kier alpha value is -1.48. The van der Waals surface area contributed by atoms with Crippen molar-refractivity contribution in [1.29, 1.82) is 0 Å². The molecule has 0 saturated heterocycles. The second-order valence-electron chi connectivity index (χ2n) is 5.32. The molecule has 1 heterocycles. The Morgan fingerprint density at radius 3 is 2.50 bits per heavy atom. The van der Waals surface area contributed by atoms with E-state index in [4.69, 9.17) is 11.6 Å². The molecule has 0 bridgehead atoms. The molecule has 3 rings (SSSR count). The number of hydrogen-bond acceptors (Lipinski definition) is 1. The van der Waals surface area contributed by atoms with Gasteiger partial charge in [0.25, 0.3) is 0 Å². The van der Waals surface area contributed by atoms with Crippen LogP contribution in [0, 0.1) is 0 Å². The van der Waals surface area contributed by atoms with Crippen LogP contribution in [0.15, 0.2) is 54.7 Å². The van der Waals surface area contributed by atoms with Gasteiger partial charge < -0.3 is 10.3 Å². The SMILES string of the molecule is CNCCC(c1ccc(Cl)cc1)c1ccc2cc[nH]c2c1.Cl. The molecule has 22 heavy (non-hydrogen) atoms. The highest BCUT2D eigenvalue weighted by Gasteiger charge is 2.14. The highest BCUT2D eigenvalue weighted by Crippen LogP contribution is 2.30. The first-order valence-electron chi connectivity index (χ1n) is 7.25. The fraction of sp³-hybridized carbons (Fsp3) is 0.222. The zero-order valence-electron chi connectivity index (χ0n) is 12.5. The summed E-state index contributed by atoms with van der Waals surface area (Å²) in [7, 11) is 1.99. The van der Waals surface area contributed by atoms with Crippen LogP contribution in [0.4, 0.5) is 0 Å². The third-order valence-corrected chi connectivity index (χ3v) is 4.19. The van der Waals surface area contributed by atoms with Crippen LogP contribution in [0.3, 0.4) is 0 Å². The van der Waals surface area contributed by atoms with Gasteiger partial charge in [-0.2, -0.15) is 0 Å². The fourth-order valence-corrected chi connectivity index (χ4v) is 2.92. The third-order valence-electron chi connectivity index (χ3n) is 3.94. The summed E-state index contributed by atoms with van der Waals surface area (Å²) < 4.78 is 0. The highest BCUT2D eigenvalue weighted by atomic mass is 35.5. The van der Waals surface area contributed by atoms with Gasteiger partial charge in [-0.25, -0.2) is 0 Å². The second kappa shape index (κ2) is 7.68. The monoisotopic (exact) mass is 334 g/mol. The minimum Gasteiger partial charge on any atom is -0.361 e. The maximum absolute atomic E-state index is 6.01. The minimum absolute atomic E-state index is 0. The Morgan fingerprint density at radius 1 is 1.05 bits per heavy atom. The van der Waals surface area contributed by atoms with Crippen molar-refractivity contribution in [2.75, 3.05) is 13.6 Å². The van der Waals surface area contributed by atoms with Crippen LogP contribution in [-0.2, 0) is 0 Å². The van der Waals surface area contributed by atoms with Crippen LogP contribution in [0.25, 0.3) is 10.9 Å². The smallest absolute Gasteiger partial charge is 0.0456 e. The van der Waals surface area contributed by atoms with Gasteiger partial charge in [-0.05, 0) is 60.8 Å². The van der Waals surface area contributed by atoms with Gasteiger partial charge in [0.15, 0.2) is 0 Å². The van der Waals surface area contributed by atoms with Crippen LogP contribution in [0.5, 0.6) is 0 Å². The maximum atomic E-state index is 6.01. The molecule has 4 heteroatoms. The van der Waals surface area contributed by atoms with Crippen molar-refractivity contribution in [3.05, 3.63) is 70.9 Å². The van der Waals surface area contributed by atoms with Crippen LogP contribution in [0.1, 0.15) is 23.5 Å². The first-order chi connectivity index (χ1) is 10.3. The van der Waals surface area contributed by atoms with E-state index in [0.29, 0.717) is 5.92 Å². The van der Waals surface area contributed by atoms with Gasteiger partial charge in [0.05, 0.1) is 0 Å². The molecule has 0 aliphatic carbocycles. The van der Waals surface area contributed by atoms with Crippen molar-refractivity contribution in [2.45, 2.75) is 12.3 Å². The number of halogens is 2. The second-order valence-corrected chi connectivity index (χ2v) is 5.76. The van der Waals surface area contributed by atoms with Crippen molar-refractivity contribution < 1.29 is 0 Å². The molecule has 0 spiro atoms. The van der Waals surface area contributed by atoms with Crippen molar-refractivity contribution in [2.24, 2.45) is 0 Å². The van der Waals surface area contributed by atoms with Gasteiger partial charge in [0.2, 0.25) is 0 Å². The molecule has 0 aliphatic rings. The third kappa shape index (κ3) is 3.64. The molecule has 0 aliphatic heterocycles. The molecule has 1 aromatic heterocycles. The average molecular weight is 335 g/mol. The predicted octanol–water partition coefficient (Wildman–Crippen LogP) is 4.98. The Morgan fingerprint density at radius 2 is 1.77 bits per heavy atom. The zero-order valence-corrected chi connectivity index (χ0v) is 14.0. The van der Waals surface area contributed by atoms with E-state index in [-0.39, 0.29) is 12.4 Å². The minimum atomic E-state index is 0. The summed E-state index contributed by atoms with van der Waals surface area (Å²) in [5, 5.41) is 5.28. The molecule has 2 nitrogen and oxygen atoms in total. The van der Waals surface area contributed by atoms with E-state index in [1.54, 1.807) is 0 Å². The van der Waals surface area contributed by atoms with Crippen LogP contribution in [-0.4, -0.2) is 18.6 Å². The molecular weight excluding hydrogens is 315 g/mol. The van der Waals surface area contributed by atoms with Gasteiger partial charge in [-0.15, -0.1) is 12.4 Å². The summed E-state index contributed by atoms with van der Waals surface area (Å²) in [6.45, 7) is 0.982. The normalized spacial score (nSPS) is 12.1. The first kappa shape index (κ1) is 16.9. The molecule has 2 aromatic carbocycles. The number of rotatable bonds is 5. The number of nitrogens with one attached hydrogen (secondary N) is 2. The number of aromatic nitrogens is 1. The molecule has 0 amide bonds. The summed E-state index contributed by atoms with van der Waals surface area (Å²) in [5.74, 6) is 0.377. The lowest BCUT2D eigenvalue weighted by atomic mass is 9.88. The van der Waals surface area contributed by atoms with Gasteiger partial charge in [-0.1, -0.05) is 35.9 Å². The molecule has 0 radical (unpaired) electrons. The quantitative estimate of drug-likeness (QED) is 0.676. The number of benzene rings is 2. The largest absolute Gasteiger partial charge is 0.361 e. The lowest BCUT2D eigenvalue weighted by molar-refractivity contribution is 0.662. The van der Waals surface area contributed by atoms with Gasteiger partial charge >= 0.3 is 0 Å². The zero-order chi connectivity index (χ0) is 14.7. The van der Waals surface area contributed by atoms with Crippen LogP contribution < -0.4 is 5.32 Å². The van der Waals surface area contributed by atoms with E-state index in [9.17, 15) is 0 Å². The van der Waals surface area contributed by atoms with Gasteiger partial charge in [0.1, 0.15) is 0 Å². The number of H-pyrrole nitrogens is 1. The van der Waals surface area contributed by atoms with E-state index in [2.05, 4.69) is 46.7 Å². The van der Waals surface area contributed by atoms with E-state index in [1.165, 1.54) is 22.0 Å². The van der Waals surface area contributed by atoms with Crippen molar-refractivity contribution in [3.63, 3.8) is 0 Å². The predicted molar refractivity (Wildman–Crippen MR) is 97.4 cm³/mol. The van der Waals surface area contributed by atoms with Gasteiger partial charge in [-0.3, -0.25) is 0 Å². The van der Waals surface area contributed by atoms with E-state index < -0.39 is 0 Å². The lowest BCUT2D eigenvalue weighted by Gasteiger charge is -2.18. The van der Waals surface area contributed by atoms with E-state index in [0.717, 1.165) is 18.0 Å².